The molecule has 0 unspecified atom stereocenters. The molecule has 1 aromatic carbocycles. The summed E-state index contributed by atoms with van der Waals surface area (Å²) in [6.45, 7) is 0. The monoisotopic (exact) mass is 248 g/mol. The van der Waals surface area contributed by atoms with Gasteiger partial charge in [0.1, 0.15) is 11.5 Å². The van der Waals surface area contributed by atoms with Crippen molar-refractivity contribution in [3.8, 4) is 5.69 Å². The Morgan fingerprint density at radius 3 is 2.29 bits per heavy atom. The molecule has 1 heterocycles. The molecule has 2 aromatic rings. The highest BCUT2D eigenvalue weighted by atomic mass is 19.4. The second-order valence-electron chi connectivity index (χ2n) is 3.24. The molecule has 0 aliphatic carbocycles. The Morgan fingerprint density at radius 2 is 1.76 bits per heavy atom. The maximum atomic E-state index is 13.3. The summed E-state index contributed by atoms with van der Waals surface area (Å²) in [5, 5.41) is 3.17. The Bertz CT molecular complexity index is 544. The quantitative estimate of drug-likeness (QED) is 0.709. The molecule has 17 heavy (non-hydrogen) atoms. The molecule has 0 saturated carbocycles. The Labute approximate surface area is 92.3 Å². The van der Waals surface area contributed by atoms with E-state index in [0.717, 1.165) is 18.3 Å². The molecule has 0 amide bonds. The van der Waals surface area contributed by atoms with Gasteiger partial charge in [-0.15, -0.1) is 0 Å². The molecule has 90 valence electrons. The Balaban J connectivity index is 2.44. The van der Waals surface area contributed by atoms with Crippen LogP contribution in [0.3, 0.4) is 0 Å². The fourth-order valence-electron chi connectivity index (χ4n) is 1.28. The van der Waals surface area contributed by atoms with Crippen LogP contribution in [0.15, 0.2) is 30.5 Å². The molecule has 0 saturated heterocycles. The van der Waals surface area contributed by atoms with Crippen molar-refractivity contribution in [3.63, 3.8) is 0 Å². The zero-order valence-corrected chi connectivity index (χ0v) is 8.17. The number of nitrogens with zero attached hydrogens (tertiary/aromatic N) is 2. The Kier molecular flexibility index (Phi) is 2.60. The zero-order valence-electron chi connectivity index (χ0n) is 8.17. The third-order valence-corrected chi connectivity index (χ3v) is 2.04. The van der Waals surface area contributed by atoms with E-state index in [9.17, 15) is 22.0 Å². The molecule has 0 fully saturated rings. The van der Waals surface area contributed by atoms with Gasteiger partial charge in [0.2, 0.25) is 0 Å². The van der Waals surface area contributed by atoms with Crippen LogP contribution in [0, 0.1) is 11.6 Å². The maximum Gasteiger partial charge on any atom is 0.435 e. The highest BCUT2D eigenvalue weighted by Crippen LogP contribution is 2.28. The van der Waals surface area contributed by atoms with E-state index in [4.69, 9.17) is 0 Å². The molecule has 7 heteroatoms. The molecule has 0 aliphatic rings. The molecule has 0 aliphatic heterocycles. The first-order valence-electron chi connectivity index (χ1n) is 4.46. The van der Waals surface area contributed by atoms with E-state index in [1.807, 2.05) is 0 Å². The van der Waals surface area contributed by atoms with Gasteiger partial charge in [-0.1, -0.05) is 0 Å². The fraction of sp³-hybridized carbons (Fsp3) is 0.100. The summed E-state index contributed by atoms with van der Waals surface area (Å²) in [5.41, 5.74) is -1.39. The topological polar surface area (TPSA) is 17.8 Å². The van der Waals surface area contributed by atoms with Crippen molar-refractivity contribution < 1.29 is 22.0 Å². The first kappa shape index (κ1) is 11.6. The summed E-state index contributed by atoms with van der Waals surface area (Å²) in [6.07, 6.45) is -3.64. The summed E-state index contributed by atoms with van der Waals surface area (Å²) < 4.78 is 63.3. The number of hydrogen-bond acceptors (Lipinski definition) is 1. The van der Waals surface area contributed by atoms with Crippen molar-refractivity contribution >= 4 is 0 Å². The van der Waals surface area contributed by atoms with E-state index in [1.54, 1.807) is 0 Å². The number of benzene rings is 1. The van der Waals surface area contributed by atoms with Crippen LogP contribution in [-0.2, 0) is 6.18 Å². The fourth-order valence-corrected chi connectivity index (χ4v) is 1.28. The average molecular weight is 248 g/mol. The van der Waals surface area contributed by atoms with Gasteiger partial charge in [0.05, 0.1) is 0 Å². The normalized spacial score (nSPS) is 11.8. The first-order chi connectivity index (χ1) is 7.88. The predicted octanol–water partition coefficient (Wildman–Crippen LogP) is 3.17. The van der Waals surface area contributed by atoms with Crippen molar-refractivity contribution in [1.82, 2.24) is 9.78 Å². The summed E-state index contributed by atoms with van der Waals surface area (Å²) in [5.74, 6) is -1.80. The smallest absolute Gasteiger partial charge is 0.237 e. The molecule has 0 spiro atoms. The lowest BCUT2D eigenvalue weighted by atomic mass is 10.3. The van der Waals surface area contributed by atoms with Crippen molar-refractivity contribution in [2.45, 2.75) is 6.18 Å². The minimum atomic E-state index is -4.60. The minimum Gasteiger partial charge on any atom is -0.237 e. The van der Waals surface area contributed by atoms with Crippen molar-refractivity contribution in [1.29, 1.82) is 0 Å². The number of hydrogen-bond donors (Lipinski definition) is 0. The lowest BCUT2D eigenvalue weighted by molar-refractivity contribution is -0.141. The second kappa shape index (κ2) is 3.83. The van der Waals surface area contributed by atoms with Crippen LogP contribution in [-0.4, -0.2) is 9.78 Å². The minimum absolute atomic E-state index is 0.248. The molecular formula is C10H5F5N2. The number of alkyl halides is 3. The average Bonchev–Trinajstić information content (AvgIpc) is 2.65. The van der Waals surface area contributed by atoms with Gasteiger partial charge in [-0.05, 0) is 18.2 Å². The second-order valence-corrected chi connectivity index (χ2v) is 3.24. The highest BCUT2D eigenvalue weighted by molar-refractivity contribution is 5.33. The third-order valence-electron chi connectivity index (χ3n) is 2.04. The lowest BCUT2D eigenvalue weighted by Gasteiger charge is -2.04. The van der Waals surface area contributed by atoms with Crippen LogP contribution >= 0.6 is 0 Å². The number of rotatable bonds is 1. The molecule has 2 rings (SSSR count). The van der Waals surface area contributed by atoms with Crippen molar-refractivity contribution in [2.24, 2.45) is 0 Å². The van der Waals surface area contributed by atoms with E-state index in [2.05, 4.69) is 5.10 Å². The molecule has 0 bridgehead atoms. The summed E-state index contributed by atoms with van der Waals surface area (Å²) in [4.78, 5) is 0. The molecule has 1 aromatic heterocycles. The zero-order chi connectivity index (χ0) is 12.6. The van der Waals surface area contributed by atoms with Crippen LogP contribution in [0.5, 0.6) is 0 Å². The Morgan fingerprint density at radius 1 is 1.06 bits per heavy atom. The predicted molar refractivity (Wildman–Crippen MR) is 48.5 cm³/mol. The number of halogens is 5. The van der Waals surface area contributed by atoms with Crippen molar-refractivity contribution in [2.75, 3.05) is 0 Å². The Hall–Kier alpha value is -1.92. The molecule has 2 nitrogen and oxygen atoms in total. The summed E-state index contributed by atoms with van der Waals surface area (Å²) in [7, 11) is 0. The lowest BCUT2D eigenvalue weighted by Crippen LogP contribution is -2.07. The summed E-state index contributed by atoms with van der Waals surface area (Å²) >= 11 is 0. The van der Waals surface area contributed by atoms with Crippen LogP contribution < -0.4 is 0 Å². The van der Waals surface area contributed by atoms with E-state index in [1.165, 1.54) is 0 Å². The van der Waals surface area contributed by atoms with Crippen LogP contribution in [0.1, 0.15) is 5.69 Å². The first-order valence-corrected chi connectivity index (χ1v) is 4.46. The van der Waals surface area contributed by atoms with Crippen LogP contribution in [0.4, 0.5) is 22.0 Å². The van der Waals surface area contributed by atoms with Gasteiger partial charge < -0.3 is 0 Å². The maximum absolute atomic E-state index is 13.3. The van der Waals surface area contributed by atoms with Crippen molar-refractivity contribution in [3.05, 3.63) is 47.8 Å². The largest absolute Gasteiger partial charge is 0.435 e. The van der Waals surface area contributed by atoms with E-state index < -0.39 is 23.5 Å². The van der Waals surface area contributed by atoms with Crippen LogP contribution in [0.25, 0.3) is 5.69 Å². The highest BCUT2D eigenvalue weighted by Gasteiger charge is 2.33. The van der Waals surface area contributed by atoms with Gasteiger partial charge in [-0.2, -0.15) is 18.3 Å². The third kappa shape index (κ3) is 2.27. The van der Waals surface area contributed by atoms with Crippen LogP contribution in [0.2, 0.25) is 0 Å². The standard InChI is InChI=1S/C10H5F5N2/c11-6-1-2-8(7(12)5-6)17-4-3-9(16-17)10(13,14)15/h1-5H. The van der Waals surface area contributed by atoms with Gasteiger partial charge in [0.15, 0.2) is 11.5 Å². The van der Waals surface area contributed by atoms with E-state index >= 15 is 0 Å². The molecular weight excluding hydrogens is 243 g/mol. The molecule has 0 radical (unpaired) electrons. The van der Waals surface area contributed by atoms with Gasteiger partial charge in [-0.3, -0.25) is 0 Å². The summed E-state index contributed by atoms with van der Waals surface area (Å²) in [6, 6.07) is 3.23. The SMILES string of the molecule is Fc1ccc(-n2ccc(C(F)(F)F)n2)c(F)c1. The molecule has 0 N–H and O–H groups in total. The van der Waals surface area contributed by atoms with Gasteiger partial charge in [0.25, 0.3) is 0 Å². The van der Waals surface area contributed by atoms with E-state index in [0.29, 0.717) is 16.8 Å². The molecule has 0 atom stereocenters. The number of aromatic nitrogens is 2. The van der Waals surface area contributed by atoms with Gasteiger partial charge in [0, 0.05) is 12.3 Å². The van der Waals surface area contributed by atoms with Gasteiger partial charge in [-0.25, -0.2) is 13.5 Å². The van der Waals surface area contributed by atoms with E-state index in [-0.39, 0.29) is 5.69 Å². The van der Waals surface area contributed by atoms with Gasteiger partial charge >= 0.3 is 6.18 Å².